The molecule has 106 valence electrons. The molecule has 2 rings (SSSR count). The molecule has 2 aromatic rings. The highest BCUT2D eigenvalue weighted by Gasteiger charge is 2.24. The van der Waals surface area contributed by atoms with E-state index in [-0.39, 0.29) is 6.07 Å². The molecule has 0 aliphatic heterocycles. The van der Waals surface area contributed by atoms with Crippen LogP contribution >= 0.6 is 0 Å². The van der Waals surface area contributed by atoms with Gasteiger partial charge in [-0.3, -0.25) is 0 Å². The minimum atomic E-state index is -1.41. The van der Waals surface area contributed by atoms with Crippen molar-refractivity contribution >= 4 is 0 Å². The Hall–Kier alpha value is -2.04. The molecule has 5 heteroatoms. The van der Waals surface area contributed by atoms with Gasteiger partial charge in [-0.15, -0.1) is 0 Å². The average molecular weight is 284 g/mol. The van der Waals surface area contributed by atoms with E-state index >= 15 is 0 Å². The van der Waals surface area contributed by atoms with Gasteiger partial charge in [-0.1, -0.05) is 19.1 Å². The summed E-state index contributed by atoms with van der Waals surface area (Å²) in [6.07, 6.45) is 0. The molecule has 0 radical (unpaired) electrons. The summed E-state index contributed by atoms with van der Waals surface area (Å²) in [4.78, 5) is 0. The molecule has 20 heavy (non-hydrogen) atoms. The standard InChI is InChI=1S/C15H12F4O/c1-8(9-4-3-5-10(6-9)20-2)13-14(18)11(16)7-12(17)15(13)19/h3-8H,1-2H3. The predicted octanol–water partition coefficient (Wildman–Crippen LogP) is 4.40. The van der Waals surface area contributed by atoms with Crippen LogP contribution in [0.1, 0.15) is 24.0 Å². The van der Waals surface area contributed by atoms with Gasteiger partial charge in [-0.05, 0) is 17.7 Å². The van der Waals surface area contributed by atoms with Crippen molar-refractivity contribution in [2.45, 2.75) is 12.8 Å². The van der Waals surface area contributed by atoms with Gasteiger partial charge < -0.3 is 4.74 Å². The molecule has 0 amide bonds. The Labute approximate surface area is 113 Å². The molecule has 0 saturated heterocycles. The molecular weight excluding hydrogens is 272 g/mol. The summed E-state index contributed by atoms with van der Waals surface area (Å²) in [5, 5.41) is 0. The van der Waals surface area contributed by atoms with Crippen LogP contribution in [-0.2, 0) is 0 Å². The number of benzene rings is 2. The highest BCUT2D eigenvalue weighted by molar-refractivity contribution is 5.38. The fourth-order valence-corrected chi connectivity index (χ4v) is 2.05. The first-order chi connectivity index (χ1) is 9.45. The van der Waals surface area contributed by atoms with E-state index in [4.69, 9.17) is 4.74 Å². The molecule has 0 spiro atoms. The Morgan fingerprint density at radius 3 is 2.10 bits per heavy atom. The maximum atomic E-state index is 13.7. The Morgan fingerprint density at radius 2 is 1.55 bits per heavy atom. The van der Waals surface area contributed by atoms with Crippen molar-refractivity contribution < 1.29 is 22.3 Å². The van der Waals surface area contributed by atoms with Gasteiger partial charge in [0.05, 0.1) is 7.11 Å². The number of ether oxygens (including phenoxy) is 1. The number of methoxy groups -OCH3 is 1. The van der Waals surface area contributed by atoms with Gasteiger partial charge in [-0.2, -0.15) is 0 Å². The Kier molecular flexibility index (Phi) is 3.97. The van der Waals surface area contributed by atoms with Crippen LogP contribution in [-0.4, -0.2) is 7.11 Å². The van der Waals surface area contributed by atoms with Gasteiger partial charge >= 0.3 is 0 Å². The minimum absolute atomic E-state index is 0.201. The first kappa shape index (κ1) is 14.4. The smallest absolute Gasteiger partial charge is 0.165 e. The summed E-state index contributed by atoms with van der Waals surface area (Å²) in [7, 11) is 1.45. The first-order valence-corrected chi connectivity index (χ1v) is 5.92. The first-order valence-electron chi connectivity index (χ1n) is 5.92. The SMILES string of the molecule is COc1cccc(C(C)c2c(F)c(F)cc(F)c2F)c1. The van der Waals surface area contributed by atoms with Crippen molar-refractivity contribution in [3.8, 4) is 5.75 Å². The van der Waals surface area contributed by atoms with E-state index in [1.54, 1.807) is 24.3 Å². The molecule has 0 fully saturated rings. The minimum Gasteiger partial charge on any atom is -0.497 e. The van der Waals surface area contributed by atoms with Crippen LogP contribution in [0.4, 0.5) is 17.6 Å². The van der Waals surface area contributed by atoms with Crippen LogP contribution in [0.25, 0.3) is 0 Å². The van der Waals surface area contributed by atoms with Crippen molar-refractivity contribution in [2.75, 3.05) is 7.11 Å². The maximum Gasteiger partial charge on any atom is 0.165 e. The third-order valence-electron chi connectivity index (χ3n) is 3.17. The summed E-state index contributed by atoms with van der Waals surface area (Å²) >= 11 is 0. The number of rotatable bonds is 3. The second-order valence-electron chi connectivity index (χ2n) is 4.38. The van der Waals surface area contributed by atoms with E-state index in [2.05, 4.69) is 0 Å². The third kappa shape index (κ3) is 2.48. The summed E-state index contributed by atoms with van der Waals surface area (Å²) in [5.41, 5.74) is -0.136. The van der Waals surface area contributed by atoms with Gasteiger partial charge in [0.2, 0.25) is 0 Å². The summed E-state index contributed by atoms with van der Waals surface area (Å²) < 4.78 is 59.0. The molecule has 0 saturated carbocycles. The van der Waals surface area contributed by atoms with E-state index in [1.165, 1.54) is 14.0 Å². The molecule has 0 heterocycles. The van der Waals surface area contributed by atoms with E-state index in [0.29, 0.717) is 11.3 Å². The summed E-state index contributed by atoms with van der Waals surface area (Å²) in [6.45, 7) is 1.47. The Bertz CT molecular complexity index is 614. The lowest BCUT2D eigenvalue weighted by molar-refractivity contribution is 0.413. The predicted molar refractivity (Wildman–Crippen MR) is 66.8 cm³/mol. The van der Waals surface area contributed by atoms with Crippen molar-refractivity contribution in [3.05, 3.63) is 64.7 Å². The number of hydrogen-bond acceptors (Lipinski definition) is 1. The number of halogens is 4. The zero-order valence-electron chi connectivity index (χ0n) is 10.9. The van der Waals surface area contributed by atoms with Crippen LogP contribution in [0.3, 0.4) is 0 Å². The molecule has 0 aliphatic carbocycles. The van der Waals surface area contributed by atoms with Crippen molar-refractivity contribution in [1.82, 2.24) is 0 Å². The average Bonchev–Trinajstić information content (AvgIpc) is 2.45. The van der Waals surface area contributed by atoms with Crippen LogP contribution in [0.5, 0.6) is 5.75 Å². The molecular formula is C15H12F4O. The second-order valence-corrected chi connectivity index (χ2v) is 4.38. The fourth-order valence-electron chi connectivity index (χ4n) is 2.05. The van der Waals surface area contributed by atoms with E-state index in [0.717, 1.165) is 0 Å². The van der Waals surface area contributed by atoms with Crippen LogP contribution in [0.2, 0.25) is 0 Å². The lowest BCUT2D eigenvalue weighted by atomic mass is 9.92. The topological polar surface area (TPSA) is 9.23 Å². The summed E-state index contributed by atoms with van der Waals surface area (Å²) in [6, 6.07) is 6.67. The summed E-state index contributed by atoms with van der Waals surface area (Å²) in [5.74, 6) is -5.93. The van der Waals surface area contributed by atoms with Gasteiger partial charge in [0, 0.05) is 17.5 Å². The quantitative estimate of drug-likeness (QED) is 0.599. The normalized spacial score (nSPS) is 12.3. The second kappa shape index (κ2) is 5.53. The molecule has 0 aromatic heterocycles. The number of hydrogen-bond donors (Lipinski definition) is 0. The van der Waals surface area contributed by atoms with Gasteiger partial charge in [0.1, 0.15) is 5.75 Å². The largest absolute Gasteiger partial charge is 0.497 e. The lowest BCUT2D eigenvalue weighted by Crippen LogP contribution is -2.07. The Morgan fingerprint density at radius 1 is 0.950 bits per heavy atom. The molecule has 2 aromatic carbocycles. The van der Waals surface area contributed by atoms with Crippen molar-refractivity contribution in [1.29, 1.82) is 0 Å². The lowest BCUT2D eigenvalue weighted by Gasteiger charge is -2.16. The van der Waals surface area contributed by atoms with Gasteiger partial charge in [-0.25, -0.2) is 17.6 Å². The fraction of sp³-hybridized carbons (Fsp3) is 0.200. The highest BCUT2D eigenvalue weighted by atomic mass is 19.2. The van der Waals surface area contributed by atoms with Crippen LogP contribution < -0.4 is 4.74 Å². The molecule has 0 N–H and O–H groups in total. The van der Waals surface area contributed by atoms with Gasteiger partial charge in [0.25, 0.3) is 0 Å². The van der Waals surface area contributed by atoms with Crippen LogP contribution in [0.15, 0.2) is 30.3 Å². The third-order valence-corrected chi connectivity index (χ3v) is 3.17. The molecule has 1 unspecified atom stereocenters. The maximum absolute atomic E-state index is 13.7. The zero-order valence-corrected chi connectivity index (χ0v) is 10.9. The zero-order chi connectivity index (χ0) is 14.9. The molecule has 1 atom stereocenters. The molecule has 1 nitrogen and oxygen atoms in total. The monoisotopic (exact) mass is 284 g/mol. The van der Waals surface area contributed by atoms with E-state index < -0.39 is 34.8 Å². The molecule has 0 aliphatic rings. The van der Waals surface area contributed by atoms with Gasteiger partial charge in [0.15, 0.2) is 23.3 Å². The van der Waals surface area contributed by atoms with E-state index in [9.17, 15) is 17.6 Å². The highest BCUT2D eigenvalue weighted by Crippen LogP contribution is 2.32. The Balaban J connectivity index is 2.55. The van der Waals surface area contributed by atoms with Crippen LogP contribution in [0, 0.1) is 23.3 Å². The van der Waals surface area contributed by atoms with E-state index in [1.807, 2.05) is 0 Å². The molecule has 0 bridgehead atoms. The van der Waals surface area contributed by atoms with Crippen molar-refractivity contribution in [3.63, 3.8) is 0 Å². The van der Waals surface area contributed by atoms with Crippen molar-refractivity contribution in [2.24, 2.45) is 0 Å².